The van der Waals surface area contributed by atoms with Crippen molar-refractivity contribution in [1.29, 1.82) is 5.26 Å². The van der Waals surface area contributed by atoms with Gasteiger partial charge >= 0.3 is 0 Å². The van der Waals surface area contributed by atoms with E-state index in [-0.39, 0.29) is 22.9 Å². The summed E-state index contributed by atoms with van der Waals surface area (Å²) in [5.41, 5.74) is 2.64. The van der Waals surface area contributed by atoms with Crippen molar-refractivity contribution < 1.29 is 23.8 Å². The zero-order chi connectivity index (χ0) is 23.2. The van der Waals surface area contributed by atoms with Crippen molar-refractivity contribution in [3.8, 4) is 6.07 Å². The van der Waals surface area contributed by atoms with E-state index < -0.39 is 5.82 Å². The van der Waals surface area contributed by atoms with E-state index in [4.69, 9.17) is 10.5 Å². The molecule has 0 aliphatic heterocycles. The highest BCUT2D eigenvalue weighted by Gasteiger charge is 2.56. The van der Waals surface area contributed by atoms with E-state index in [0.717, 1.165) is 49.4 Å². The minimum atomic E-state index is -0.403. The molecule has 0 amide bonds. The number of hydrogen-bond donors (Lipinski definition) is 2. The number of aliphatic hydroxyl groups excluding tert-OH is 1. The largest absolute Gasteiger partial charge is 0.393 e. The highest BCUT2D eigenvalue weighted by Crippen LogP contribution is 2.62. The molecule has 1 aromatic heterocycles. The van der Waals surface area contributed by atoms with E-state index in [2.05, 4.69) is 13.8 Å². The van der Waals surface area contributed by atoms with Crippen LogP contribution in [0.15, 0.2) is 30.6 Å². The number of nitrogens with zero attached hydrogens (tertiary/aromatic N) is 2. The molecule has 4 nitrogen and oxygen atoms in total. The number of aliphatic hydroxyl groups is 1. The lowest BCUT2D eigenvalue weighted by Gasteiger charge is -2.53. The predicted molar refractivity (Wildman–Crippen MR) is 115 cm³/mol. The number of nitriles is 1. The third-order valence-corrected chi connectivity index (χ3v) is 8.30. The number of aryl methyl sites for hydroxylation is 1. The van der Waals surface area contributed by atoms with Gasteiger partial charge in [-0.3, -0.25) is 5.21 Å². The molecule has 0 saturated heterocycles. The Kier molecular flexibility index (Phi) is 5.98. The van der Waals surface area contributed by atoms with E-state index >= 15 is 0 Å². The first-order valence-corrected chi connectivity index (χ1v) is 11.4. The number of pyridine rings is 1. The topological polar surface area (TPSA) is 68.1 Å². The Labute approximate surface area is 188 Å². The number of rotatable bonds is 0. The second-order valence-corrected chi connectivity index (χ2v) is 10.1. The van der Waals surface area contributed by atoms with Crippen LogP contribution >= 0.6 is 0 Å². The molecule has 0 bridgehead atoms. The minimum Gasteiger partial charge on any atom is -0.393 e. The fraction of sp³-hybridized carbons (Fsp3) is 0.538. The Morgan fingerprint density at radius 3 is 2.59 bits per heavy atom. The van der Waals surface area contributed by atoms with Gasteiger partial charge in [-0.15, -0.1) is 0 Å². The van der Waals surface area contributed by atoms with Gasteiger partial charge < -0.3 is 5.11 Å². The summed E-state index contributed by atoms with van der Waals surface area (Å²) in [5.74, 6) is 1.21. The molecule has 170 valence electrons. The van der Waals surface area contributed by atoms with E-state index in [1.807, 2.05) is 12.1 Å². The molecule has 3 aliphatic rings. The molecule has 2 fully saturated rings. The van der Waals surface area contributed by atoms with Crippen LogP contribution in [0.3, 0.4) is 0 Å². The Hall–Kier alpha value is -2.52. The van der Waals surface area contributed by atoms with Crippen molar-refractivity contribution in [3.63, 3.8) is 0 Å². The summed E-state index contributed by atoms with van der Waals surface area (Å²) in [5, 5.41) is 28.2. The molecule has 2 N–H and O–H groups in total. The molecular weight excluding hydrogens is 410 g/mol. The number of hydrogen-bond acceptors (Lipinski definition) is 3. The van der Waals surface area contributed by atoms with Crippen LogP contribution in [0.2, 0.25) is 0 Å². The molecule has 3 unspecified atom stereocenters. The Morgan fingerprint density at radius 1 is 1.19 bits per heavy atom. The fourth-order valence-corrected chi connectivity index (χ4v) is 6.77. The molecule has 6 heteroatoms. The average Bonchev–Trinajstić information content (AvgIpc) is 3.05. The van der Waals surface area contributed by atoms with Gasteiger partial charge in [-0.1, -0.05) is 19.9 Å². The van der Waals surface area contributed by atoms with Crippen LogP contribution in [-0.2, 0) is 6.42 Å². The van der Waals surface area contributed by atoms with Crippen LogP contribution in [0, 0.1) is 53.1 Å². The standard InChI is InChI=1S/C20H24FNO.C6H7FNO/c1-11-9-20(2)16(7-8-17(20)23)15-6-5-14-13(18(11)15)4-3-12(10-22)19(14)21;1-5-2-3-8(9)4-6(5)7/h3-4,11,15-18,23H,5-9H2,1-2H3;2-4,9H,1H3/q;+1/t11-,15?,16?,17-,18?,20-;/m0./s1. The first-order chi connectivity index (χ1) is 15.2. The average molecular weight is 442 g/mol. The summed E-state index contributed by atoms with van der Waals surface area (Å²) in [6.45, 7) is 6.15. The van der Waals surface area contributed by atoms with Gasteiger partial charge in [-0.05, 0) is 90.9 Å². The molecule has 2 saturated carbocycles. The molecule has 32 heavy (non-hydrogen) atoms. The molecule has 2 aromatic rings. The second kappa shape index (κ2) is 8.44. The normalized spacial score (nSPS) is 32.6. The predicted octanol–water partition coefficient (Wildman–Crippen LogP) is 4.82. The van der Waals surface area contributed by atoms with Crippen molar-refractivity contribution in [2.45, 2.75) is 64.9 Å². The first-order valence-electron chi connectivity index (χ1n) is 11.4. The maximum absolute atomic E-state index is 14.6. The van der Waals surface area contributed by atoms with Gasteiger partial charge in [0.15, 0.2) is 5.82 Å². The van der Waals surface area contributed by atoms with Gasteiger partial charge in [-0.25, -0.2) is 4.39 Å². The molecule has 1 aromatic carbocycles. The quantitative estimate of drug-likeness (QED) is 0.455. The number of halogens is 2. The fourth-order valence-electron chi connectivity index (χ4n) is 6.77. The first kappa shape index (κ1) is 22.7. The summed E-state index contributed by atoms with van der Waals surface area (Å²) in [6, 6.07) is 7.12. The van der Waals surface area contributed by atoms with Crippen LogP contribution in [0.25, 0.3) is 0 Å². The lowest BCUT2D eigenvalue weighted by atomic mass is 9.52. The van der Waals surface area contributed by atoms with Gasteiger partial charge in [0.05, 0.1) is 11.7 Å². The molecule has 6 atom stereocenters. The Morgan fingerprint density at radius 2 is 1.94 bits per heavy atom. The van der Waals surface area contributed by atoms with Crippen molar-refractivity contribution in [1.82, 2.24) is 0 Å². The highest BCUT2D eigenvalue weighted by atomic mass is 19.1. The van der Waals surface area contributed by atoms with E-state index in [0.29, 0.717) is 34.0 Å². The molecule has 0 spiro atoms. The summed E-state index contributed by atoms with van der Waals surface area (Å²) < 4.78 is 27.7. The second-order valence-electron chi connectivity index (χ2n) is 10.1. The summed E-state index contributed by atoms with van der Waals surface area (Å²) in [4.78, 5) is 0. The van der Waals surface area contributed by atoms with E-state index in [1.54, 1.807) is 13.0 Å². The van der Waals surface area contributed by atoms with Crippen LogP contribution < -0.4 is 4.73 Å². The van der Waals surface area contributed by atoms with Crippen LogP contribution in [0.4, 0.5) is 8.78 Å². The van der Waals surface area contributed by atoms with Crippen LogP contribution in [0.1, 0.15) is 67.7 Å². The van der Waals surface area contributed by atoms with Crippen LogP contribution in [0.5, 0.6) is 0 Å². The van der Waals surface area contributed by atoms with Crippen molar-refractivity contribution in [2.24, 2.45) is 23.2 Å². The molecule has 0 radical (unpaired) electrons. The molecule has 5 rings (SSSR count). The molecule has 1 heterocycles. The zero-order valence-corrected chi connectivity index (χ0v) is 18.9. The zero-order valence-electron chi connectivity index (χ0n) is 18.9. The maximum atomic E-state index is 14.6. The third-order valence-electron chi connectivity index (χ3n) is 8.30. The molecular formula is C26H31F2N2O2+. The SMILES string of the molecule is C[C@H]1C[C@@]2(C)C(CC[C@@H]2O)C2CCc3c(ccc(C#N)c3F)C21.Cc1cc[n+](O)cc1F. The van der Waals surface area contributed by atoms with Crippen LogP contribution in [-0.4, -0.2) is 16.4 Å². The summed E-state index contributed by atoms with van der Waals surface area (Å²) >= 11 is 0. The van der Waals surface area contributed by atoms with Gasteiger partial charge in [0.25, 0.3) is 6.20 Å². The highest BCUT2D eigenvalue weighted by molar-refractivity contribution is 5.44. The lowest BCUT2D eigenvalue weighted by molar-refractivity contribution is -0.905. The Bertz CT molecular complexity index is 1070. The van der Waals surface area contributed by atoms with E-state index in [9.17, 15) is 13.9 Å². The van der Waals surface area contributed by atoms with Gasteiger partial charge in [0, 0.05) is 10.8 Å². The van der Waals surface area contributed by atoms with Crippen molar-refractivity contribution in [3.05, 3.63) is 64.5 Å². The number of benzene rings is 1. The summed E-state index contributed by atoms with van der Waals surface area (Å²) in [6.07, 6.45) is 6.93. The Balaban J connectivity index is 0.000000230. The monoisotopic (exact) mass is 441 g/mol. The van der Waals surface area contributed by atoms with E-state index in [1.165, 1.54) is 12.3 Å². The number of aromatic nitrogens is 1. The minimum absolute atomic E-state index is 0.0310. The lowest BCUT2D eigenvalue weighted by Crippen LogP contribution is -2.47. The third kappa shape index (κ3) is 3.67. The number of fused-ring (bicyclic) bond motifs is 5. The van der Waals surface area contributed by atoms with Gasteiger partial charge in [0.2, 0.25) is 6.20 Å². The van der Waals surface area contributed by atoms with Crippen molar-refractivity contribution >= 4 is 0 Å². The summed E-state index contributed by atoms with van der Waals surface area (Å²) in [7, 11) is 0. The smallest absolute Gasteiger partial charge is 0.258 e. The maximum Gasteiger partial charge on any atom is 0.258 e. The van der Waals surface area contributed by atoms with Crippen molar-refractivity contribution in [2.75, 3.05) is 0 Å². The molecule has 3 aliphatic carbocycles. The van der Waals surface area contributed by atoms with Gasteiger partial charge in [0.1, 0.15) is 11.9 Å². The van der Waals surface area contributed by atoms with Gasteiger partial charge in [-0.2, -0.15) is 9.65 Å².